The lowest BCUT2D eigenvalue weighted by Gasteiger charge is -2.08. The molecule has 0 unspecified atom stereocenters. The lowest BCUT2D eigenvalue weighted by molar-refractivity contribution is -0.122. The molecule has 29 heavy (non-hydrogen) atoms. The average Bonchev–Trinajstić information content (AvgIpc) is 3.21. The number of rotatable bonds is 8. The van der Waals surface area contributed by atoms with Crippen LogP contribution in [0.25, 0.3) is 0 Å². The lowest BCUT2D eigenvalue weighted by atomic mass is 10.3. The Labute approximate surface area is 166 Å². The Balaban J connectivity index is 1.56. The van der Waals surface area contributed by atoms with Gasteiger partial charge in [0.05, 0.1) is 0 Å². The van der Waals surface area contributed by atoms with E-state index in [4.69, 9.17) is 13.9 Å². The monoisotopic (exact) mass is 398 g/mol. The third-order valence-electron chi connectivity index (χ3n) is 3.82. The summed E-state index contributed by atoms with van der Waals surface area (Å²) in [4.78, 5) is 23.6. The highest BCUT2D eigenvalue weighted by Gasteiger charge is 2.12. The molecule has 2 aromatic carbocycles. The molecular weight excluding hydrogens is 379 g/mol. The second-order valence-corrected chi connectivity index (χ2v) is 5.95. The molecule has 7 nitrogen and oxygen atoms in total. The molecule has 0 radical (unpaired) electrons. The van der Waals surface area contributed by atoms with E-state index in [-0.39, 0.29) is 30.7 Å². The molecule has 8 heteroatoms. The first-order chi connectivity index (χ1) is 14.0. The van der Waals surface area contributed by atoms with E-state index >= 15 is 0 Å². The highest BCUT2D eigenvalue weighted by Crippen LogP contribution is 2.19. The van der Waals surface area contributed by atoms with Gasteiger partial charge in [0.15, 0.2) is 12.4 Å². The molecule has 0 spiro atoms. The number of likely N-dealkylation sites (N-methyl/N-ethyl adjacent to an activating group) is 1. The Morgan fingerprint density at radius 3 is 2.55 bits per heavy atom. The minimum Gasteiger partial charge on any atom is -0.486 e. The van der Waals surface area contributed by atoms with Crippen molar-refractivity contribution in [3.05, 3.63) is 78.0 Å². The topological polar surface area (TPSA) is 89.8 Å². The van der Waals surface area contributed by atoms with Gasteiger partial charge < -0.3 is 24.5 Å². The van der Waals surface area contributed by atoms with Gasteiger partial charge in [0.1, 0.15) is 29.7 Å². The molecule has 0 fully saturated rings. The molecule has 150 valence electrons. The Hall–Kier alpha value is -3.81. The van der Waals surface area contributed by atoms with Crippen LogP contribution in [0.3, 0.4) is 0 Å². The van der Waals surface area contributed by atoms with E-state index in [9.17, 15) is 14.0 Å². The van der Waals surface area contributed by atoms with Crippen LogP contribution >= 0.6 is 0 Å². The van der Waals surface area contributed by atoms with E-state index in [0.29, 0.717) is 22.9 Å². The van der Waals surface area contributed by atoms with E-state index in [1.165, 1.54) is 37.4 Å². The molecular formula is C21H19FN2O5. The Morgan fingerprint density at radius 2 is 1.79 bits per heavy atom. The van der Waals surface area contributed by atoms with Crippen LogP contribution in [0.4, 0.5) is 10.1 Å². The number of benzene rings is 2. The number of anilines is 1. The summed E-state index contributed by atoms with van der Waals surface area (Å²) >= 11 is 0. The lowest BCUT2D eigenvalue weighted by Crippen LogP contribution is -2.24. The van der Waals surface area contributed by atoms with E-state index in [2.05, 4.69) is 10.6 Å². The van der Waals surface area contributed by atoms with Gasteiger partial charge in [-0.15, -0.1) is 0 Å². The van der Waals surface area contributed by atoms with Crippen molar-refractivity contribution in [1.82, 2.24) is 5.32 Å². The van der Waals surface area contributed by atoms with Crippen molar-refractivity contribution < 1.29 is 27.9 Å². The van der Waals surface area contributed by atoms with Gasteiger partial charge in [-0.05, 0) is 48.5 Å². The third kappa shape index (κ3) is 5.83. The molecule has 1 aromatic heterocycles. The second kappa shape index (κ2) is 9.41. The maximum absolute atomic E-state index is 12.9. The van der Waals surface area contributed by atoms with Gasteiger partial charge in [-0.25, -0.2) is 4.39 Å². The fourth-order valence-corrected chi connectivity index (χ4v) is 2.34. The Morgan fingerprint density at radius 1 is 1.00 bits per heavy atom. The van der Waals surface area contributed by atoms with Crippen molar-refractivity contribution in [2.75, 3.05) is 19.0 Å². The summed E-state index contributed by atoms with van der Waals surface area (Å²) in [5, 5.41) is 5.15. The number of carbonyl (C=O) groups excluding carboxylic acids is 2. The van der Waals surface area contributed by atoms with Crippen LogP contribution in [0, 0.1) is 5.82 Å². The van der Waals surface area contributed by atoms with Crippen LogP contribution in [0.2, 0.25) is 0 Å². The van der Waals surface area contributed by atoms with Crippen molar-refractivity contribution >= 4 is 17.5 Å². The van der Waals surface area contributed by atoms with Crippen molar-refractivity contribution in [3.63, 3.8) is 0 Å². The van der Waals surface area contributed by atoms with Crippen molar-refractivity contribution in [1.29, 1.82) is 0 Å². The number of hydrogen-bond acceptors (Lipinski definition) is 5. The molecule has 3 rings (SSSR count). The molecule has 1 heterocycles. The Kier molecular flexibility index (Phi) is 6.47. The SMILES string of the molecule is CNC(=O)COc1cccc(NC(=O)c2ccc(COc3ccc(F)cc3)o2)c1. The maximum atomic E-state index is 12.9. The molecule has 0 bridgehead atoms. The zero-order chi connectivity index (χ0) is 20.6. The van der Waals surface area contributed by atoms with Crippen LogP contribution in [-0.2, 0) is 11.4 Å². The molecule has 0 aliphatic carbocycles. The van der Waals surface area contributed by atoms with Crippen LogP contribution in [-0.4, -0.2) is 25.5 Å². The summed E-state index contributed by atoms with van der Waals surface area (Å²) in [6.45, 7) is -0.0226. The molecule has 0 atom stereocenters. The molecule has 0 saturated carbocycles. The zero-order valence-corrected chi connectivity index (χ0v) is 15.6. The molecule has 2 N–H and O–H groups in total. The zero-order valence-electron chi connectivity index (χ0n) is 15.6. The normalized spacial score (nSPS) is 10.3. The third-order valence-corrected chi connectivity index (χ3v) is 3.82. The van der Waals surface area contributed by atoms with Crippen LogP contribution in [0.5, 0.6) is 11.5 Å². The summed E-state index contributed by atoms with van der Waals surface area (Å²) in [5.74, 6) is 0.437. The van der Waals surface area contributed by atoms with Gasteiger partial charge >= 0.3 is 0 Å². The van der Waals surface area contributed by atoms with Crippen LogP contribution < -0.4 is 20.1 Å². The van der Waals surface area contributed by atoms with Crippen LogP contribution in [0.1, 0.15) is 16.3 Å². The smallest absolute Gasteiger partial charge is 0.291 e. The molecule has 0 saturated heterocycles. The number of furan rings is 1. The number of halogens is 1. The van der Waals surface area contributed by atoms with Gasteiger partial charge in [-0.3, -0.25) is 9.59 Å². The highest BCUT2D eigenvalue weighted by molar-refractivity contribution is 6.02. The summed E-state index contributed by atoms with van der Waals surface area (Å²) in [7, 11) is 1.52. The quantitative estimate of drug-likeness (QED) is 0.607. The first-order valence-corrected chi connectivity index (χ1v) is 8.75. The van der Waals surface area contributed by atoms with Gasteiger partial charge in [-0.1, -0.05) is 6.07 Å². The van der Waals surface area contributed by atoms with E-state index in [1.54, 1.807) is 30.3 Å². The minimum atomic E-state index is -0.443. The van der Waals surface area contributed by atoms with Gasteiger partial charge in [0.25, 0.3) is 11.8 Å². The summed E-state index contributed by atoms with van der Waals surface area (Å²) < 4.78 is 29.2. The first-order valence-electron chi connectivity index (χ1n) is 8.75. The number of ether oxygens (including phenoxy) is 2. The molecule has 3 aromatic rings. The summed E-state index contributed by atoms with van der Waals surface area (Å²) in [6, 6.07) is 15.4. The summed E-state index contributed by atoms with van der Waals surface area (Å²) in [5.41, 5.74) is 0.491. The number of amides is 2. The highest BCUT2D eigenvalue weighted by atomic mass is 19.1. The van der Waals surface area contributed by atoms with Gasteiger partial charge in [-0.2, -0.15) is 0 Å². The van der Waals surface area contributed by atoms with Crippen LogP contribution in [0.15, 0.2) is 65.1 Å². The molecule has 0 aliphatic heterocycles. The van der Waals surface area contributed by atoms with Crippen molar-refractivity contribution in [2.24, 2.45) is 0 Å². The average molecular weight is 398 g/mol. The minimum absolute atomic E-state index is 0.0989. The van der Waals surface area contributed by atoms with E-state index in [1.807, 2.05) is 0 Å². The van der Waals surface area contributed by atoms with Crippen molar-refractivity contribution in [3.8, 4) is 11.5 Å². The van der Waals surface area contributed by atoms with Gasteiger partial charge in [0.2, 0.25) is 0 Å². The molecule has 2 amide bonds. The predicted octanol–water partition coefficient (Wildman–Crippen LogP) is 3.37. The van der Waals surface area contributed by atoms with E-state index in [0.717, 1.165) is 0 Å². The number of carbonyl (C=O) groups is 2. The van der Waals surface area contributed by atoms with Gasteiger partial charge in [0, 0.05) is 18.8 Å². The second-order valence-electron chi connectivity index (χ2n) is 5.95. The van der Waals surface area contributed by atoms with E-state index < -0.39 is 5.91 Å². The molecule has 0 aliphatic rings. The summed E-state index contributed by atoms with van der Waals surface area (Å²) in [6.07, 6.45) is 0. The first kappa shape index (κ1) is 19.9. The maximum Gasteiger partial charge on any atom is 0.291 e. The predicted molar refractivity (Wildman–Crippen MR) is 103 cm³/mol. The standard InChI is InChI=1S/C21H19FN2O5/c1-23-20(25)13-28-17-4-2-3-15(11-17)24-21(26)19-10-9-18(29-19)12-27-16-7-5-14(22)6-8-16/h2-11H,12-13H2,1H3,(H,23,25)(H,24,26). The number of nitrogens with one attached hydrogen (secondary N) is 2. The fraction of sp³-hybridized carbons (Fsp3) is 0.143. The Bertz CT molecular complexity index is 985. The van der Waals surface area contributed by atoms with Crippen molar-refractivity contribution in [2.45, 2.75) is 6.61 Å². The fourth-order valence-electron chi connectivity index (χ4n) is 2.34. The number of hydrogen-bond donors (Lipinski definition) is 2. The largest absolute Gasteiger partial charge is 0.486 e.